The Bertz CT molecular complexity index is 1020. The number of hydrogen-bond donors (Lipinski definition) is 2. The van der Waals surface area contributed by atoms with Gasteiger partial charge in [-0.1, -0.05) is 18.2 Å². The van der Waals surface area contributed by atoms with Gasteiger partial charge in [-0.25, -0.2) is 4.39 Å². The largest absolute Gasteiger partial charge is 0.390 e. The van der Waals surface area contributed by atoms with E-state index in [2.05, 4.69) is 5.32 Å². The number of ketones is 1. The van der Waals surface area contributed by atoms with Crippen LogP contribution in [0.15, 0.2) is 42.5 Å². The Balaban J connectivity index is 1.33. The molecule has 0 spiro atoms. The van der Waals surface area contributed by atoms with Crippen LogP contribution in [0.1, 0.15) is 63.9 Å². The first-order valence-electron chi connectivity index (χ1n) is 10.8. The number of carbonyl (C=O) groups is 2. The van der Waals surface area contributed by atoms with Crippen LogP contribution in [-0.4, -0.2) is 28.4 Å². The molecule has 156 valence electrons. The highest BCUT2D eigenvalue weighted by molar-refractivity contribution is 6.09. The SMILES string of the molecule is Cc1cc(C(=O)c2ccccc2F)ccc1C(=O)NC1C2CC3CC1CC(O)(C3)C2. The Hall–Kier alpha value is -2.53. The maximum absolute atomic E-state index is 14.0. The van der Waals surface area contributed by atoms with Gasteiger partial charge in [0, 0.05) is 17.2 Å². The summed E-state index contributed by atoms with van der Waals surface area (Å²) in [5, 5.41) is 14.0. The lowest BCUT2D eigenvalue weighted by Crippen LogP contribution is -2.61. The zero-order chi connectivity index (χ0) is 21.0. The van der Waals surface area contributed by atoms with Gasteiger partial charge in [-0.05, 0) is 86.6 Å². The van der Waals surface area contributed by atoms with Crippen molar-refractivity contribution in [2.24, 2.45) is 17.8 Å². The van der Waals surface area contributed by atoms with E-state index in [9.17, 15) is 19.1 Å². The number of amides is 1. The van der Waals surface area contributed by atoms with Gasteiger partial charge < -0.3 is 10.4 Å². The second kappa shape index (κ2) is 7.02. The molecule has 0 aliphatic heterocycles. The number of rotatable bonds is 4. The number of carbonyl (C=O) groups excluding carboxylic acids is 2. The maximum atomic E-state index is 14.0. The Kier molecular flexibility index (Phi) is 4.55. The lowest BCUT2D eigenvalue weighted by atomic mass is 9.52. The van der Waals surface area contributed by atoms with E-state index >= 15 is 0 Å². The second-order valence-corrected chi connectivity index (χ2v) is 9.53. The van der Waals surface area contributed by atoms with Crippen LogP contribution in [0.5, 0.6) is 0 Å². The van der Waals surface area contributed by atoms with Crippen molar-refractivity contribution in [3.63, 3.8) is 0 Å². The standard InChI is InChI=1S/C25H26FNO3/c1-14-8-16(23(28)20-4-2-3-5-21(20)26)6-7-19(14)24(29)27-22-17-9-15-10-18(22)13-25(30,11-15)12-17/h2-8,15,17-18,22,30H,9-13H2,1H3,(H,27,29). The molecule has 2 aromatic carbocycles. The van der Waals surface area contributed by atoms with Gasteiger partial charge in [-0.15, -0.1) is 0 Å². The molecule has 4 aliphatic rings. The van der Waals surface area contributed by atoms with Gasteiger partial charge in [-0.3, -0.25) is 9.59 Å². The highest BCUT2D eigenvalue weighted by Crippen LogP contribution is 2.55. The molecule has 2 N–H and O–H groups in total. The molecule has 4 nitrogen and oxygen atoms in total. The maximum Gasteiger partial charge on any atom is 0.251 e. The summed E-state index contributed by atoms with van der Waals surface area (Å²) in [5.41, 5.74) is 1.10. The molecular formula is C25H26FNO3. The topological polar surface area (TPSA) is 66.4 Å². The van der Waals surface area contributed by atoms with Gasteiger partial charge in [0.05, 0.1) is 11.2 Å². The zero-order valence-corrected chi connectivity index (χ0v) is 17.0. The van der Waals surface area contributed by atoms with Crippen molar-refractivity contribution < 1.29 is 19.1 Å². The summed E-state index contributed by atoms with van der Waals surface area (Å²) in [4.78, 5) is 25.7. The number of nitrogens with one attached hydrogen (secondary N) is 1. The van der Waals surface area contributed by atoms with E-state index in [0.29, 0.717) is 34.4 Å². The van der Waals surface area contributed by atoms with Crippen LogP contribution in [0.25, 0.3) is 0 Å². The van der Waals surface area contributed by atoms with Gasteiger partial charge in [-0.2, -0.15) is 0 Å². The smallest absolute Gasteiger partial charge is 0.251 e. The monoisotopic (exact) mass is 407 g/mol. The predicted octanol–water partition coefficient (Wildman–Crippen LogP) is 4.03. The summed E-state index contributed by atoms with van der Waals surface area (Å²) in [6.45, 7) is 1.80. The van der Waals surface area contributed by atoms with Crippen molar-refractivity contribution in [3.8, 4) is 0 Å². The minimum atomic E-state index is -0.550. The van der Waals surface area contributed by atoms with Crippen molar-refractivity contribution in [3.05, 3.63) is 70.5 Å². The summed E-state index contributed by atoms with van der Waals surface area (Å²) in [7, 11) is 0. The summed E-state index contributed by atoms with van der Waals surface area (Å²) in [5.74, 6) is 0.190. The van der Waals surface area contributed by atoms with E-state index in [-0.39, 0.29) is 17.5 Å². The second-order valence-electron chi connectivity index (χ2n) is 9.53. The van der Waals surface area contributed by atoms with Crippen LogP contribution < -0.4 is 5.32 Å². The Labute approximate surface area is 175 Å². The first-order chi connectivity index (χ1) is 14.3. The van der Waals surface area contributed by atoms with Crippen molar-refractivity contribution in [2.75, 3.05) is 0 Å². The third-order valence-electron chi connectivity index (χ3n) is 7.39. The van der Waals surface area contributed by atoms with Gasteiger partial charge in [0.1, 0.15) is 5.82 Å². The van der Waals surface area contributed by atoms with E-state index < -0.39 is 17.2 Å². The number of aliphatic hydroxyl groups is 1. The fourth-order valence-corrected chi connectivity index (χ4v) is 6.31. The third kappa shape index (κ3) is 3.25. The quantitative estimate of drug-likeness (QED) is 0.752. The molecule has 4 saturated carbocycles. The molecule has 4 fully saturated rings. The Morgan fingerprint density at radius 1 is 1.03 bits per heavy atom. The molecule has 2 atom stereocenters. The lowest BCUT2D eigenvalue weighted by molar-refractivity contribution is -0.136. The summed E-state index contributed by atoms with van der Waals surface area (Å²) in [6.07, 6.45) is 4.63. The number of benzene rings is 2. The molecule has 0 saturated heterocycles. The molecule has 0 radical (unpaired) electrons. The van der Waals surface area contributed by atoms with E-state index in [1.807, 2.05) is 0 Å². The Morgan fingerprint density at radius 3 is 2.37 bits per heavy atom. The van der Waals surface area contributed by atoms with Crippen molar-refractivity contribution in [1.29, 1.82) is 0 Å². The van der Waals surface area contributed by atoms with E-state index in [1.165, 1.54) is 12.1 Å². The van der Waals surface area contributed by atoms with E-state index in [1.54, 1.807) is 37.3 Å². The van der Waals surface area contributed by atoms with Gasteiger partial charge >= 0.3 is 0 Å². The molecule has 0 aromatic heterocycles. The van der Waals surface area contributed by atoms with Gasteiger partial charge in [0.15, 0.2) is 5.78 Å². The van der Waals surface area contributed by atoms with Crippen LogP contribution in [0.2, 0.25) is 0 Å². The van der Waals surface area contributed by atoms with Crippen LogP contribution in [0.4, 0.5) is 4.39 Å². The molecule has 2 aromatic rings. The summed E-state index contributed by atoms with van der Waals surface area (Å²) < 4.78 is 14.0. The highest BCUT2D eigenvalue weighted by atomic mass is 19.1. The van der Waals surface area contributed by atoms with Crippen molar-refractivity contribution >= 4 is 11.7 Å². The highest BCUT2D eigenvalue weighted by Gasteiger charge is 2.55. The summed E-state index contributed by atoms with van der Waals surface area (Å²) >= 11 is 0. The minimum absolute atomic E-state index is 0.0284. The van der Waals surface area contributed by atoms with Crippen LogP contribution in [0, 0.1) is 30.5 Å². The van der Waals surface area contributed by atoms with Crippen molar-refractivity contribution in [1.82, 2.24) is 5.32 Å². The van der Waals surface area contributed by atoms with Crippen molar-refractivity contribution in [2.45, 2.75) is 50.7 Å². The lowest BCUT2D eigenvalue weighted by Gasteiger charge is -2.58. The molecule has 4 bridgehead atoms. The molecule has 1 amide bonds. The van der Waals surface area contributed by atoms with Gasteiger partial charge in [0.2, 0.25) is 0 Å². The van der Waals surface area contributed by atoms with Crippen LogP contribution in [0.3, 0.4) is 0 Å². The number of halogens is 1. The zero-order valence-electron chi connectivity index (χ0n) is 17.0. The first kappa shape index (κ1) is 19.4. The molecule has 5 heteroatoms. The third-order valence-corrected chi connectivity index (χ3v) is 7.39. The number of aryl methyl sites for hydroxylation is 1. The summed E-state index contributed by atoms with van der Waals surface area (Å²) in [6, 6.07) is 10.9. The molecular weight excluding hydrogens is 381 g/mol. The molecule has 30 heavy (non-hydrogen) atoms. The predicted molar refractivity (Wildman–Crippen MR) is 111 cm³/mol. The minimum Gasteiger partial charge on any atom is -0.390 e. The molecule has 2 unspecified atom stereocenters. The first-order valence-corrected chi connectivity index (χ1v) is 10.8. The normalized spacial score (nSPS) is 31.6. The average Bonchev–Trinajstić information content (AvgIpc) is 2.69. The molecule has 4 aliphatic carbocycles. The molecule has 0 heterocycles. The van der Waals surface area contributed by atoms with Crippen LogP contribution in [-0.2, 0) is 0 Å². The Morgan fingerprint density at radius 2 is 1.73 bits per heavy atom. The average molecular weight is 407 g/mol. The fourth-order valence-electron chi connectivity index (χ4n) is 6.31. The van der Waals surface area contributed by atoms with E-state index in [4.69, 9.17) is 0 Å². The van der Waals surface area contributed by atoms with Crippen LogP contribution >= 0.6 is 0 Å². The fraction of sp³-hybridized carbons (Fsp3) is 0.440. The van der Waals surface area contributed by atoms with Gasteiger partial charge in [0.25, 0.3) is 5.91 Å². The number of hydrogen-bond acceptors (Lipinski definition) is 3. The van der Waals surface area contributed by atoms with E-state index in [0.717, 1.165) is 32.1 Å². The molecule has 6 rings (SSSR count).